The first-order chi connectivity index (χ1) is 13.8. The molecule has 1 atom stereocenters. The molecule has 4 rings (SSSR count). The molecule has 0 radical (unpaired) electrons. The lowest BCUT2D eigenvalue weighted by molar-refractivity contribution is 0.195. The zero-order valence-corrected chi connectivity index (χ0v) is 17.3. The second-order valence-electron chi connectivity index (χ2n) is 7.19. The number of thiophene rings is 1. The van der Waals surface area contributed by atoms with E-state index in [0.717, 1.165) is 35.8 Å². The Hall–Kier alpha value is -2.31. The second kappa shape index (κ2) is 8.80. The van der Waals surface area contributed by atoms with E-state index >= 15 is 0 Å². The summed E-state index contributed by atoms with van der Waals surface area (Å²) in [7, 11) is 3.38. The van der Waals surface area contributed by atoms with Crippen molar-refractivity contribution in [3.05, 3.63) is 52.3 Å². The smallest absolute Gasteiger partial charge is 0.128 e. The highest BCUT2D eigenvalue weighted by Gasteiger charge is 2.25. The van der Waals surface area contributed by atoms with Crippen LogP contribution in [0.1, 0.15) is 42.2 Å². The summed E-state index contributed by atoms with van der Waals surface area (Å²) in [4.78, 5) is 4.07. The van der Waals surface area contributed by atoms with Gasteiger partial charge in [0.25, 0.3) is 0 Å². The Morgan fingerprint density at radius 1 is 1.18 bits per heavy atom. The number of hydrogen-bond acceptors (Lipinski definition) is 5. The number of aromatic nitrogens is 2. The van der Waals surface area contributed by atoms with E-state index in [2.05, 4.69) is 32.6 Å². The van der Waals surface area contributed by atoms with E-state index < -0.39 is 0 Å². The van der Waals surface area contributed by atoms with Crippen molar-refractivity contribution in [2.24, 2.45) is 0 Å². The number of nitrogens with one attached hydrogen (secondary N) is 1. The summed E-state index contributed by atoms with van der Waals surface area (Å²) in [6.45, 7) is 1.98. The lowest BCUT2D eigenvalue weighted by atomic mass is 10.0. The van der Waals surface area contributed by atoms with Gasteiger partial charge in [0.05, 0.1) is 26.1 Å². The monoisotopic (exact) mass is 397 g/mol. The van der Waals surface area contributed by atoms with Gasteiger partial charge in [0.1, 0.15) is 11.5 Å². The van der Waals surface area contributed by atoms with Crippen molar-refractivity contribution in [3.8, 4) is 22.8 Å². The highest BCUT2D eigenvalue weighted by atomic mass is 32.1. The van der Waals surface area contributed by atoms with Gasteiger partial charge < -0.3 is 9.47 Å². The van der Waals surface area contributed by atoms with Crippen LogP contribution < -0.4 is 9.47 Å². The van der Waals surface area contributed by atoms with E-state index in [-0.39, 0.29) is 0 Å². The normalized spacial score (nSPS) is 18.0. The van der Waals surface area contributed by atoms with Crippen LogP contribution in [-0.4, -0.2) is 35.9 Å². The molecule has 1 aliphatic heterocycles. The van der Waals surface area contributed by atoms with Gasteiger partial charge in [-0.1, -0.05) is 18.9 Å². The molecule has 6 heteroatoms. The molecule has 148 valence electrons. The van der Waals surface area contributed by atoms with Crippen molar-refractivity contribution in [1.29, 1.82) is 0 Å². The van der Waals surface area contributed by atoms with Crippen molar-refractivity contribution >= 4 is 11.3 Å². The van der Waals surface area contributed by atoms with Crippen molar-refractivity contribution in [3.63, 3.8) is 0 Å². The summed E-state index contributed by atoms with van der Waals surface area (Å²) in [5.74, 6) is 1.62. The maximum Gasteiger partial charge on any atom is 0.128 e. The third kappa shape index (κ3) is 3.93. The maximum absolute atomic E-state index is 5.60. The van der Waals surface area contributed by atoms with Crippen molar-refractivity contribution in [1.82, 2.24) is 15.1 Å². The average Bonchev–Trinajstić information content (AvgIpc) is 3.37. The fourth-order valence-electron chi connectivity index (χ4n) is 4.05. The van der Waals surface area contributed by atoms with Crippen LogP contribution in [0.25, 0.3) is 11.3 Å². The molecule has 0 spiro atoms. The molecule has 1 fully saturated rings. The van der Waals surface area contributed by atoms with E-state index in [1.165, 1.54) is 36.1 Å². The van der Waals surface area contributed by atoms with Gasteiger partial charge in [-0.25, -0.2) is 0 Å². The first-order valence-corrected chi connectivity index (χ1v) is 10.7. The average molecular weight is 398 g/mol. The Morgan fingerprint density at radius 2 is 2.11 bits per heavy atom. The highest BCUT2D eigenvalue weighted by molar-refractivity contribution is 7.10. The van der Waals surface area contributed by atoms with Crippen LogP contribution in [0.2, 0.25) is 0 Å². The molecule has 0 amide bonds. The first kappa shape index (κ1) is 19.0. The van der Waals surface area contributed by atoms with Crippen LogP contribution in [0.4, 0.5) is 0 Å². The first-order valence-electron chi connectivity index (χ1n) is 9.82. The minimum absolute atomic E-state index is 0.484. The molecular formula is C22H27N3O2S. The van der Waals surface area contributed by atoms with Gasteiger partial charge in [0.15, 0.2) is 0 Å². The SMILES string of the molecule is COc1ccc(OC)c(-c2[nH]ncc2CN2CCCCCC2c2cccs2)c1. The molecule has 1 aliphatic rings. The van der Waals surface area contributed by atoms with Gasteiger partial charge in [0, 0.05) is 28.6 Å². The highest BCUT2D eigenvalue weighted by Crippen LogP contribution is 2.37. The van der Waals surface area contributed by atoms with Crippen LogP contribution in [-0.2, 0) is 6.54 Å². The van der Waals surface area contributed by atoms with Gasteiger partial charge in [-0.15, -0.1) is 11.3 Å². The topological polar surface area (TPSA) is 50.4 Å². The molecule has 1 N–H and O–H groups in total. The molecule has 0 saturated carbocycles. The number of benzene rings is 1. The van der Waals surface area contributed by atoms with Crippen LogP contribution in [0.15, 0.2) is 41.9 Å². The summed E-state index contributed by atoms with van der Waals surface area (Å²) >= 11 is 1.87. The molecule has 0 bridgehead atoms. The molecule has 1 saturated heterocycles. The number of methoxy groups -OCH3 is 2. The van der Waals surface area contributed by atoms with Gasteiger partial charge >= 0.3 is 0 Å². The number of aromatic amines is 1. The van der Waals surface area contributed by atoms with Gasteiger partial charge in [0.2, 0.25) is 0 Å². The molecular weight excluding hydrogens is 370 g/mol. The molecule has 3 heterocycles. The number of likely N-dealkylation sites (tertiary alicyclic amines) is 1. The summed E-state index contributed by atoms with van der Waals surface area (Å²) in [5.41, 5.74) is 3.18. The Bertz CT molecular complexity index is 891. The third-order valence-electron chi connectivity index (χ3n) is 5.50. The summed E-state index contributed by atoms with van der Waals surface area (Å²) in [6, 6.07) is 10.8. The van der Waals surface area contributed by atoms with Crippen LogP contribution >= 0.6 is 11.3 Å². The van der Waals surface area contributed by atoms with Crippen molar-refractivity contribution in [2.75, 3.05) is 20.8 Å². The molecule has 3 aromatic rings. The molecule has 1 aromatic carbocycles. The third-order valence-corrected chi connectivity index (χ3v) is 6.48. The molecule has 28 heavy (non-hydrogen) atoms. The number of rotatable bonds is 6. The quantitative estimate of drug-likeness (QED) is 0.615. The maximum atomic E-state index is 5.60. The van der Waals surface area contributed by atoms with Crippen molar-refractivity contribution in [2.45, 2.75) is 38.3 Å². The molecule has 0 aliphatic carbocycles. The van der Waals surface area contributed by atoms with E-state index in [9.17, 15) is 0 Å². The predicted molar refractivity (Wildman–Crippen MR) is 113 cm³/mol. The van der Waals surface area contributed by atoms with E-state index in [4.69, 9.17) is 9.47 Å². The number of hydrogen-bond donors (Lipinski definition) is 1. The molecule has 2 aromatic heterocycles. The van der Waals surface area contributed by atoms with Crippen LogP contribution in [0.5, 0.6) is 11.5 Å². The largest absolute Gasteiger partial charge is 0.497 e. The number of nitrogens with zero attached hydrogens (tertiary/aromatic N) is 2. The Balaban J connectivity index is 1.65. The Morgan fingerprint density at radius 3 is 2.89 bits per heavy atom. The summed E-state index contributed by atoms with van der Waals surface area (Å²) in [6.07, 6.45) is 7.01. The lowest BCUT2D eigenvalue weighted by Gasteiger charge is -2.29. The minimum Gasteiger partial charge on any atom is -0.497 e. The fourth-order valence-corrected chi connectivity index (χ4v) is 4.95. The Kier molecular flexibility index (Phi) is 5.98. The summed E-state index contributed by atoms with van der Waals surface area (Å²) in [5, 5.41) is 9.74. The van der Waals surface area contributed by atoms with Gasteiger partial charge in [-0.3, -0.25) is 10.00 Å². The lowest BCUT2D eigenvalue weighted by Crippen LogP contribution is -2.27. The van der Waals surface area contributed by atoms with E-state index in [0.29, 0.717) is 6.04 Å². The molecule has 1 unspecified atom stereocenters. The second-order valence-corrected chi connectivity index (χ2v) is 8.17. The zero-order valence-electron chi connectivity index (χ0n) is 16.5. The minimum atomic E-state index is 0.484. The van der Waals surface area contributed by atoms with Crippen LogP contribution in [0, 0.1) is 0 Å². The zero-order chi connectivity index (χ0) is 19.3. The van der Waals surface area contributed by atoms with Gasteiger partial charge in [-0.2, -0.15) is 5.10 Å². The van der Waals surface area contributed by atoms with E-state index in [1.54, 1.807) is 14.2 Å². The fraction of sp³-hybridized carbons (Fsp3) is 0.409. The van der Waals surface area contributed by atoms with Gasteiger partial charge in [-0.05, 0) is 49.0 Å². The Labute approximate surface area is 170 Å². The van der Waals surface area contributed by atoms with E-state index in [1.807, 2.05) is 35.7 Å². The van der Waals surface area contributed by atoms with Crippen molar-refractivity contribution < 1.29 is 9.47 Å². The van der Waals surface area contributed by atoms with Crippen LogP contribution in [0.3, 0.4) is 0 Å². The summed E-state index contributed by atoms with van der Waals surface area (Å²) < 4.78 is 11.0. The predicted octanol–water partition coefficient (Wildman–Crippen LogP) is 5.27. The molecule has 5 nitrogen and oxygen atoms in total. The standard InChI is InChI=1S/C22H27N3O2S/c1-26-17-9-10-20(27-2)18(13-17)22-16(14-23-24-22)15-25-11-5-3-4-7-19(25)21-8-6-12-28-21/h6,8-10,12-14,19H,3-5,7,11,15H2,1-2H3,(H,23,24). The number of H-pyrrole nitrogens is 1. The number of ether oxygens (including phenoxy) is 2.